The second-order valence-corrected chi connectivity index (χ2v) is 9.39. The molecule has 0 saturated heterocycles. The summed E-state index contributed by atoms with van der Waals surface area (Å²) in [7, 11) is 0. The van der Waals surface area contributed by atoms with Gasteiger partial charge in [0.1, 0.15) is 22.9 Å². The molecule has 0 N–H and O–H groups in total. The van der Waals surface area contributed by atoms with Crippen LogP contribution in [-0.4, -0.2) is 23.8 Å². The maximum absolute atomic E-state index is 13.1. The molecule has 33 heavy (non-hydrogen) atoms. The second-order valence-electron chi connectivity index (χ2n) is 9.39. The number of rotatable bonds is 8. The normalized spacial score (nSPS) is 11.7. The van der Waals surface area contributed by atoms with E-state index in [9.17, 15) is 9.18 Å². The van der Waals surface area contributed by atoms with Crippen LogP contribution < -0.4 is 9.47 Å². The second kappa shape index (κ2) is 10.1. The molecule has 0 amide bonds. The van der Waals surface area contributed by atoms with Gasteiger partial charge in [-0.25, -0.2) is 9.18 Å². The molecule has 0 aliphatic carbocycles. The predicted molar refractivity (Wildman–Crippen MR) is 128 cm³/mol. The molecule has 4 nitrogen and oxygen atoms in total. The lowest BCUT2D eigenvalue weighted by Crippen LogP contribution is -2.43. The topological polar surface area (TPSA) is 44.8 Å². The third kappa shape index (κ3) is 7.35. The lowest BCUT2D eigenvalue weighted by molar-refractivity contribution is -0.170. The van der Waals surface area contributed by atoms with E-state index >= 15 is 0 Å². The summed E-state index contributed by atoms with van der Waals surface area (Å²) in [5, 5.41) is 0. The molecule has 0 fully saturated rings. The quantitative estimate of drug-likeness (QED) is 0.362. The van der Waals surface area contributed by atoms with Crippen molar-refractivity contribution in [3.05, 3.63) is 84.2 Å². The third-order valence-electron chi connectivity index (χ3n) is 4.88. The van der Waals surface area contributed by atoms with Gasteiger partial charge in [0, 0.05) is 6.42 Å². The van der Waals surface area contributed by atoms with Crippen molar-refractivity contribution in [3.63, 3.8) is 0 Å². The molecule has 0 aliphatic heterocycles. The molecule has 3 aromatic carbocycles. The molecule has 0 atom stereocenters. The van der Waals surface area contributed by atoms with Crippen molar-refractivity contribution in [2.24, 2.45) is 0 Å². The van der Waals surface area contributed by atoms with Crippen molar-refractivity contribution >= 4 is 5.97 Å². The van der Waals surface area contributed by atoms with Crippen molar-refractivity contribution in [1.29, 1.82) is 0 Å². The predicted octanol–water partition coefficient (Wildman–Crippen LogP) is 6.61. The summed E-state index contributed by atoms with van der Waals surface area (Å²) >= 11 is 0. The Bertz CT molecular complexity index is 1050. The number of carbonyl (C=O) groups excluding carboxylic acids is 1. The summed E-state index contributed by atoms with van der Waals surface area (Å²) in [6, 6.07) is 21.8. The first-order valence-electron chi connectivity index (χ1n) is 11.0. The number of carbonyl (C=O) groups is 1. The van der Waals surface area contributed by atoms with Gasteiger partial charge >= 0.3 is 5.97 Å². The van der Waals surface area contributed by atoms with Gasteiger partial charge in [0.2, 0.25) is 0 Å². The molecule has 0 aliphatic rings. The average molecular weight is 451 g/mol. The van der Waals surface area contributed by atoms with E-state index < -0.39 is 17.2 Å². The molecule has 0 aromatic heterocycles. The molecule has 0 heterocycles. The fourth-order valence-corrected chi connectivity index (χ4v) is 3.13. The van der Waals surface area contributed by atoms with Crippen LogP contribution in [0.4, 0.5) is 4.39 Å². The largest absolute Gasteiger partial charge is 0.493 e. The monoisotopic (exact) mass is 450 g/mol. The van der Waals surface area contributed by atoms with Crippen LogP contribution in [0.3, 0.4) is 0 Å². The average Bonchev–Trinajstić information content (AvgIpc) is 2.75. The molecular weight excluding hydrogens is 419 g/mol. The van der Waals surface area contributed by atoms with E-state index in [-0.39, 0.29) is 5.82 Å². The molecule has 0 saturated carbocycles. The van der Waals surface area contributed by atoms with Crippen molar-refractivity contribution in [2.45, 2.75) is 52.2 Å². The highest BCUT2D eigenvalue weighted by atomic mass is 19.1. The van der Waals surface area contributed by atoms with E-state index in [0.29, 0.717) is 12.4 Å². The van der Waals surface area contributed by atoms with Crippen LogP contribution in [0.15, 0.2) is 72.8 Å². The van der Waals surface area contributed by atoms with Gasteiger partial charge in [0.05, 0.1) is 6.61 Å². The first kappa shape index (κ1) is 24.3. The lowest BCUT2D eigenvalue weighted by Gasteiger charge is -2.29. The first-order chi connectivity index (χ1) is 15.5. The van der Waals surface area contributed by atoms with Crippen LogP contribution in [-0.2, 0) is 16.0 Å². The van der Waals surface area contributed by atoms with E-state index in [1.807, 2.05) is 69.3 Å². The molecule has 0 unspecified atom stereocenters. The minimum absolute atomic E-state index is 0.245. The van der Waals surface area contributed by atoms with E-state index in [1.165, 1.54) is 12.1 Å². The van der Waals surface area contributed by atoms with Gasteiger partial charge in [-0.05, 0) is 87.7 Å². The Balaban J connectivity index is 1.49. The first-order valence-corrected chi connectivity index (χ1v) is 11.0. The Kier molecular flexibility index (Phi) is 7.42. The minimum atomic E-state index is -1.09. The maximum atomic E-state index is 13.1. The number of hydrogen-bond acceptors (Lipinski definition) is 4. The Morgan fingerprint density at radius 3 is 1.82 bits per heavy atom. The minimum Gasteiger partial charge on any atom is -0.493 e. The Morgan fingerprint density at radius 2 is 1.27 bits per heavy atom. The fraction of sp³-hybridized carbons (Fsp3) is 0.321. The van der Waals surface area contributed by atoms with Crippen molar-refractivity contribution in [2.75, 3.05) is 6.61 Å². The van der Waals surface area contributed by atoms with Gasteiger partial charge in [0.15, 0.2) is 5.60 Å². The van der Waals surface area contributed by atoms with Crippen LogP contribution in [0.5, 0.6) is 11.5 Å². The highest BCUT2D eigenvalue weighted by molar-refractivity contribution is 5.79. The fourth-order valence-electron chi connectivity index (χ4n) is 3.13. The summed E-state index contributed by atoms with van der Waals surface area (Å²) in [4.78, 5) is 12.4. The Hall–Kier alpha value is -3.34. The zero-order valence-electron chi connectivity index (χ0n) is 19.9. The molecule has 3 rings (SSSR count). The summed E-state index contributed by atoms with van der Waals surface area (Å²) in [6.07, 6.45) is 0.732. The Labute approximate surface area is 195 Å². The molecule has 3 aromatic rings. The molecule has 0 spiro atoms. The summed E-state index contributed by atoms with van der Waals surface area (Å²) in [5.74, 6) is 0.731. The van der Waals surface area contributed by atoms with Gasteiger partial charge < -0.3 is 14.2 Å². The highest BCUT2D eigenvalue weighted by Crippen LogP contribution is 2.24. The van der Waals surface area contributed by atoms with Crippen molar-refractivity contribution in [1.82, 2.24) is 0 Å². The summed E-state index contributed by atoms with van der Waals surface area (Å²) in [6.45, 7) is 9.42. The van der Waals surface area contributed by atoms with Crippen LogP contribution in [0.2, 0.25) is 0 Å². The SMILES string of the molecule is CC(C)(C)OC(=O)C(C)(C)Oc1ccc(CCOc2ccc(-c3ccc(F)cc3)cc2)cc1. The number of hydrogen-bond donors (Lipinski definition) is 0. The van der Waals surface area contributed by atoms with Gasteiger partial charge in [-0.2, -0.15) is 0 Å². The van der Waals surface area contributed by atoms with Crippen LogP contribution >= 0.6 is 0 Å². The lowest BCUT2D eigenvalue weighted by atomic mass is 10.1. The number of benzene rings is 3. The maximum Gasteiger partial charge on any atom is 0.350 e. The van der Waals surface area contributed by atoms with Crippen LogP contribution in [0.1, 0.15) is 40.2 Å². The standard InChI is InChI=1S/C28H31FO4/c1-27(2,3)33-26(30)28(4,5)32-25-14-6-20(7-15-25)18-19-31-24-16-10-22(11-17-24)21-8-12-23(29)13-9-21/h6-17H,18-19H2,1-5H3. The summed E-state index contributed by atoms with van der Waals surface area (Å²) in [5.41, 5.74) is 1.41. The van der Waals surface area contributed by atoms with Gasteiger partial charge in [0.25, 0.3) is 0 Å². The van der Waals surface area contributed by atoms with E-state index in [2.05, 4.69) is 0 Å². The van der Waals surface area contributed by atoms with E-state index in [0.717, 1.165) is 28.9 Å². The smallest absolute Gasteiger partial charge is 0.350 e. The van der Waals surface area contributed by atoms with E-state index in [1.54, 1.807) is 26.0 Å². The third-order valence-corrected chi connectivity index (χ3v) is 4.88. The van der Waals surface area contributed by atoms with Crippen LogP contribution in [0.25, 0.3) is 11.1 Å². The van der Waals surface area contributed by atoms with Gasteiger partial charge in [-0.1, -0.05) is 36.4 Å². The molecular formula is C28H31FO4. The highest BCUT2D eigenvalue weighted by Gasteiger charge is 2.34. The molecule has 174 valence electrons. The molecule has 0 bridgehead atoms. The Morgan fingerprint density at radius 1 is 0.758 bits per heavy atom. The number of esters is 1. The zero-order chi connectivity index (χ0) is 24.1. The van der Waals surface area contributed by atoms with Gasteiger partial charge in [-0.3, -0.25) is 0 Å². The molecule has 0 radical (unpaired) electrons. The number of halogens is 1. The van der Waals surface area contributed by atoms with Crippen LogP contribution in [0, 0.1) is 5.82 Å². The number of ether oxygens (including phenoxy) is 3. The van der Waals surface area contributed by atoms with Gasteiger partial charge in [-0.15, -0.1) is 0 Å². The van der Waals surface area contributed by atoms with E-state index in [4.69, 9.17) is 14.2 Å². The van der Waals surface area contributed by atoms with Crippen molar-refractivity contribution in [3.8, 4) is 22.6 Å². The van der Waals surface area contributed by atoms with Crippen molar-refractivity contribution < 1.29 is 23.4 Å². The molecule has 5 heteroatoms. The zero-order valence-corrected chi connectivity index (χ0v) is 19.9. The summed E-state index contributed by atoms with van der Waals surface area (Å²) < 4.78 is 30.2.